The van der Waals surface area contributed by atoms with Gasteiger partial charge in [-0.2, -0.15) is 0 Å². The Morgan fingerprint density at radius 1 is 0.884 bits per heavy atom. The predicted octanol–water partition coefficient (Wildman–Crippen LogP) is 3.39. The molecule has 4 aromatic carbocycles. The van der Waals surface area contributed by atoms with E-state index in [0.29, 0.717) is 12.0 Å². The highest BCUT2D eigenvalue weighted by Gasteiger charge is 2.36. The maximum atomic E-state index is 14.3. The Labute approximate surface area is 249 Å². The Balaban J connectivity index is 1.46. The molecular formula is C33H34N6O4. The molecule has 43 heavy (non-hydrogen) atoms. The lowest BCUT2D eigenvalue weighted by Crippen LogP contribution is -2.54. The highest BCUT2D eigenvalue weighted by Crippen LogP contribution is 2.20. The first-order valence-corrected chi connectivity index (χ1v) is 14.0. The van der Waals surface area contributed by atoms with Crippen molar-refractivity contribution < 1.29 is 19.2 Å². The van der Waals surface area contributed by atoms with Gasteiger partial charge in [0.1, 0.15) is 12.1 Å². The molecule has 0 radical (unpaired) electrons. The number of nitrogens with zero attached hydrogens (tertiary/aromatic N) is 3. The van der Waals surface area contributed by atoms with Gasteiger partial charge in [0, 0.05) is 32.0 Å². The van der Waals surface area contributed by atoms with Crippen LogP contribution in [-0.4, -0.2) is 59.5 Å². The predicted molar refractivity (Wildman–Crippen MR) is 165 cm³/mol. The maximum Gasteiger partial charge on any atom is 0.349 e. The molecule has 0 unspecified atom stereocenters. The van der Waals surface area contributed by atoms with Gasteiger partial charge in [0.25, 0.3) is 5.91 Å². The summed E-state index contributed by atoms with van der Waals surface area (Å²) >= 11 is 0. The fraction of sp³-hybridized carbons (Fsp3) is 0.212. The van der Waals surface area contributed by atoms with Crippen LogP contribution in [0.25, 0.3) is 10.8 Å². The Hall–Kier alpha value is -5.22. The second-order valence-electron chi connectivity index (χ2n) is 10.4. The maximum absolute atomic E-state index is 14.3. The van der Waals surface area contributed by atoms with Crippen LogP contribution in [0.2, 0.25) is 0 Å². The van der Waals surface area contributed by atoms with Crippen LogP contribution in [0.3, 0.4) is 0 Å². The molecule has 1 heterocycles. The van der Waals surface area contributed by atoms with Gasteiger partial charge in [0.15, 0.2) is 6.67 Å². The van der Waals surface area contributed by atoms with E-state index in [1.165, 1.54) is 4.90 Å². The summed E-state index contributed by atoms with van der Waals surface area (Å²) < 4.78 is 0. The molecule has 0 bridgehead atoms. The number of hydrogen-bond acceptors (Lipinski definition) is 6. The summed E-state index contributed by atoms with van der Waals surface area (Å²) in [7, 11) is 1.64. The van der Waals surface area contributed by atoms with Crippen molar-refractivity contribution in [3.05, 3.63) is 119 Å². The average Bonchev–Trinajstić information content (AvgIpc) is 3.54. The van der Waals surface area contributed by atoms with Crippen molar-refractivity contribution >= 4 is 34.5 Å². The van der Waals surface area contributed by atoms with Crippen molar-refractivity contribution in [2.75, 3.05) is 13.7 Å². The molecule has 10 nitrogen and oxygen atoms in total. The van der Waals surface area contributed by atoms with Crippen molar-refractivity contribution in [2.24, 2.45) is 16.5 Å². The third-order valence-corrected chi connectivity index (χ3v) is 7.46. The van der Waals surface area contributed by atoms with E-state index < -0.39 is 24.0 Å². The van der Waals surface area contributed by atoms with E-state index in [1.54, 1.807) is 25.2 Å². The number of hydrogen-bond donors (Lipinski definition) is 3. The minimum atomic E-state index is -0.923. The number of hydroxylamine groups is 2. The number of carbonyl (C=O) groups is 3. The second-order valence-corrected chi connectivity index (χ2v) is 10.4. The quantitative estimate of drug-likeness (QED) is 0.264. The molecule has 0 saturated heterocycles. The molecule has 0 aromatic heterocycles. The normalized spacial score (nSPS) is 14.0. The molecule has 1 aliphatic rings. The number of carbonyl (C=O) groups excluding carboxylic acids is 3. The largest absolute Gasteiger partial charge is 0.356 e. The number of nitrogens with two attached hydrogens (primary N) is 2. The molecule has 0 fully saturated rings. The fourth-order valence-electron chi connectivity index (χ4n) is 5.09. The van der Waals surface area contributed by atoms with Crippen LogP contribution in [0.1, 0.15) is 27.0 Å². The molecule has 4 aromatic rings. The van der Waals surface area contributed by atoms with Gasteiger partial charge < -0.3 is 26.5 Å². The first-order chi connectivity index (χ1) is 20.8. The van der Waals surface area contributed by atoms with Gasteiger partial charge in [-0.05, 0) is 39.6 Å². The Morgan fingerprint density at radius 2 is 1.60 bits per heavy atom. The lowest BCUT2D eigenvalue weighted by Gasteiger charge is -2.31. The third-order valence-electron chi connectivity index (χ3n) is 7.46. The zero-order valence-corrected chi connectivity index (χ0v) is 23.9. The van der Waals surface area contributed by atoms with E-state index in [2.05, 4.69) is 10.3 Å². The standard InChI is InChI=1S/C33H34N6O4/c1-38(29(19-22-8-3-2-4-9-22)31-36-21-39(43-31)33(35)42)32(41)28(37-30(40)27-13-7-10-24(17-27)20-34)18-23-14-15-25-11-5-6-12-26(25)16-23/h2-17,28-29H,18-21,34H2,1H3,(H2,35,42)(H,37,40)/t28-,29-/m1/s1. The molecular weight excluding hydrogens is 544 g/mol. The topological polar surface area (TPSA) is 143 Å². The molecule has 5 N–H and O–H groups in total. The summed E-state index contributed by atoms with van der Waals surface area (Å²) in [6, 6.07) is 28.2. The SMILES string of the molecule is CN(C(=O)[C@@H](Cc1ccc2ccccc2c1)NC(=O)c1cccc(CN)c1)[C@H](Cc1ccccc1)C1=NCN(C(N)=O)O1. The molecule has 1 aliphatic heterocycles. The average molecular weight is 579 g/mol. The molecule has 4 amide bonds. The smallest absolute Gasteiger partial charge is 0.349 e. The molecule has 2 atom stereocenters. The first kappa shape index (κ1) is 29.3. The number of likely N-dealkylation sites (N-methyl/N-ethyl adjacent to an activating group) is 1. The van der Waals surface area contributed by atoms with Gasteiger partial charge in [-0.25, -0.2) is 9.79 Å². The van der Waals surface area contributed by atoms with Crippen molar-refractivity contribution in [3.63, 3.8) is 0 Å². The molecule has 10 heteroatoms. The van der Waals surface area contributed by atoms with Gasteiger partial charge in [-0.15, -0.1) is 5.06 Å². The van der Waals surface area contributed by atoms with Crippen LogP contribution < -0.4 is 16.8 Å². The van der Waals surface area contributed by atoms with E-state index in [9.17, 15) is 14.4 Å². The van der Waals surface area contributed by atoms with Crippen LogP contribution in [0.4, 0.5) is 4.79 Å². The number of benzene rings is 4. The highest BCUT2D eigenvalue weighted by atomic mass is 16.7. The van der Waals surface area contributed by atoms with Crippen molar-refractivity contribution in [3.8, 4) is 0 Å². The molecule has 0 spiro atoms. The minimum Gasteiger partial charge on any atom is -0.356 e. The lowest BCUT2D eigenvalue weighted by atomic mass is 9.99. The number of primary amides is 1. The van der Waals surface area contributed by atoms with Crippen LogP contribution in [0.15, 0.2) is 102 Å². The molecule has 0 saturated carbocycles. The van der Waals surface area contributed by atoms with Crippen molar-refractivity contribution in [1.82, 2.24) is 15.3 Å². The third kappa shape index (κ3) is 6.99. The zero-order valence-electron chi connectivity index (χ0n) is 23.9. The van der Waals surface area contributed by atoms with Gasteiger partial charge >= 0.3 is 6.03 Å². The fourth-order valence-corrected chi connectivity index (χ4v) is 5.09. The summed E-state index contributed by atoms with van der Waals surface area (Å²) in [6.07, 6.45) is 0.610. The highest BCUT2D eigenvalue weighted by molar-refractivity contribution is 5.99. The number of fused-ring (bicyclic) bond motifs is 1. The van der Waals surface area contributed by atoms with E-state index in [4.69, 9.17) is 16.3 Å². The molecule has 0 aliphatic carbocycles. The zero-order chi connectivity index (χ0) is 30.3. The summed E-state index contributed by atoms with van der Waals surface area (Å²) in [5.74, 6) is -0.553. The minimum absolute atomic E-state index is 0.0767. The number of aliphatic imine (C=N–C) groups is 1. The van der Waals surface area contributed by atoms with E-state index in [-0.39, 0.29) is 31.4 Å². The van der Waals surface area contributed by atoms with Gasteiger partial charge in [0.2, 0.25) is 11.8 Å². The second kappa shape index (κ2) is 13.2. The van der Waals surface area contributed by atoms with Gasteiger partial charge in [0.05, 0.1) is 0 Å². The Morgan fingerprint density at radius 3 is 2.33 bits per heavy atom. The first-order valence-electron chi connectivity index (χ1n) is 14.0. The van der Waals surface area contributed by atoms with Crippen molar-refractivity contribution in [2.45, 2.75) is 31.5 Å². The number of nitrogens with one attached hydrogen (secondary N) is 1. The van der Waals surface area contributed by atoms with E-state index in [1.807, 2.05) is 78.9 Å². The van der Waals surface area contributed by atoms with E-state index in [0.717, 1.165) is 32.5 Å². The van der Waals surface area contributed by atoms with Crippen LogP contribution in [0, 0.1) is 0 Å². The number of amides is 4. The van der Waals surface area contributed by atoms with Crippen molar-refractivity contribution in [1.29, 1.82) is 0 Å². The monoisotopic (exact) mass is 578 g/mol. The summed E-state index contributed by atoms with van der Waals surface area (Å²) in [5, 5.41) is 6.00. The summed E-state index contributed by atoms with van der Waals surface area (Å²) in [5.41, 5.74) is 14.2. The molecule has 220 valence electrons. The lowest BCUT2D eigenvalue weighted by molar-refractivity contribution is -0.133. The van der Waals surface area contributed by atoms with Crippen LogP contribution in [-0.2, 0) is 29.0 Å². The van der Waals surface area contributed by atoms with Crippen LogP contribution in [0.5, 0.6) is 0 Å². The van der Waals surface area contributed by atoms with Gasteiger partial charge in [-0.1, -0.05) is 84.9 Å². The Kier molecular flexibility index (Phi) is 8.97. The number of rotatable bonds is 10. The van der Waals surface area contributed by atoms with E-state index >= 15 is 0 Å². The summed E-state index contributed by atoms with van der Waals surface area (Å²) in [6.45, 7) is 0.210. The van der Waals surface area contributed by atoms with Gasteiger partial charge in [-0.3, -0.25) is 9.59 Å². The Bertz CT molecular complexity index is 1660. The number of urea groups is 1. The summed E-state index contributed by atoms with van der Waals surface area (Å²) in [4.78, 5) is 51.0. The molecule has 5 rings (SSSR count). The van der Waals surface area contributed by atoms with Crippen LogP contribution >= 0.6 is 0 Å².